The van der Waals surface area contributed by atoms with E-state index in [1.165, 1.54) is 29.8 Å². The molecule has 0 aromatic heterocycles. The van der Waals surface area contributed by atoms with E-state index in [1.54, 1.807) is 12.1 Å². The van der Waals surface area contributed by atoms with Crippen LogP contribution >= 0.6 is 0 Å². The zero-order chi connectivity index (χ0) is 28.6. The molecule has 214 valence electrons. The van der Waals surface area contributed by atoms with Gasteiger partial charge in [0.1, 0.15) is 0 Å². The highest BCUT2D eigenvalue weighted by molar-refractivity contribution is 6.04. The lowest BCUT2D eigenvalue weighted by molar-refractivity contribution is -0.384. The van der Waals surface area contributed by atoms with Gasteiger partial charge in [0, 0.05) is 55.4 Å². The minimum absolute atomic E-state index is 0.0184. The maximum atomic E-state index is 13.4. The van der Waals surface area contributed by atoms with Gasteiger partial charge in [0.15, 0.2) is 0 Å². The van der Waals surface area contributed by atoms with E-state index in [0.29, 0.717) is 36.0 Å². The molecule has 2 aliphatic heterocycles. The average Bonchev–Trinajstić information content (AvgIpc) is 3.51. The van der Waals surface area contributed by atoms with Crippen LogP contribution in [-0.2, 0) is 11.2 Å². The molecule has 0 unspecified atom stereocenters. The van der Waals surface area contributed by atoms with E-state index in [4.69, 9.17) is 4.74 Å². The fourth-order valence-corrected chi connectivity index (χ4v) is 5.46. The number of urea groups is 1. The first kappa shape index (κ1) is 28.1. The first-order valence-corrected chi connectivity index (χ1v) is 14.1. The quantitative estimate of drug-likeness (QED) is 0.232. The molecule has 2 saturated heterocycles. The minimum atomic E-state index is -0.515. The molecule has 2 aliphatic rings. The van der Waals surface area contributed by atoms with E-state index in [1.807, 2.05) is 12.1 Å². The van der Waals surface area contributed by atoms with Gasteiger partial charge in [-0.2, -0.15) is 0 Å². The number of rotatable bonds is 9. The maximum absolute atomic E-state index is 13.4. The number of non-ortho nitro benzene ring substituents is 1. The van der Waals surface area contributed by atoms with E-state index in [9.17, 15) is 19.7 Å². The summed E-state index contributed by atoms with van der Waals surface area (Å²) in [6.45, 7) is 2.84. The van der Waals surface area contributed by atoms with Gasteiger partial charge in [0.05, 0.1) is 16.6 Å². The van der Waals surface area contributed by atoms with E-state index >= 15 is 0 Å². The molecule has 3 aromatic carbocycles. The maximum Gasteiger partial charge on any atom is 0.323 e. The first-order valence-electron chi connectivity index (χ1n) is 14.1. The van der Waals surface area contributed by atoms with Crippen LogP contribution < -0.4 is 20.9 Å². The van der Waals surface area contributed by atoms with Crippen molar-refractivity contribution >= 4 is 34.7 Å². The molecule has 10 heteroatoms. The van der Waals surface area contributed by atoms with Crippen LogP contribution in [0.15, 0.2) is 72.8 Å². The molecule has 10 nitrogen and oxygen atoms in total. The van der Waals surface area contributed by atoms with Crippen LogP contribution in [0.3, 0.4) is 0 Å². The van der Waals surface area contributed by atoms with Crippen LogP contribution in [0, 0.1) is 16.0 Å². The summed E-state index contributed by atoms with van der Waals surface area (Å²) >= 11 is 0. The second kappa shape index (κ2) is 13.3. The van der Waals surface area contributed by atoms with E-state index < -0.39 is 11.0 Å². The highest BCUT2D eigenvalue weighted by Crippen LogP contribution is 2.30. The fraction of sp³-hybridized carbons (Fsp3) is 0.355. The molecule has 5 rings (SSSR count). The van der Waals surface area contributed by atoms with Crippen LogP contribution in [0.4, 0.5) is 27.5 Å². The van der Waals surface area contributed by atoms with Gasteiger partial charge >= 0.3 is 6.03 Å². The number of benzene rings is 3. The second-order valence-electron chi connectivity index (χ2n) is 10.6. The van der Waals surface area contributed by atoms with Crippen molar-refractivity contribution in [2.24, 2.45) is 5.92 Å². The number of carbonyl (C=O) groups is 2. The summed E-state index contributed by atoms with van der Waals surface area (Å²) in [6, 6.07) is 21.0. The Hall–Kier alpha value is -4.44. The summed E-state index contributed by atoms with van der Waals surface area (Å²) in [6.07, 6.45) is 5.05. The predicted molar refractivity (Wildman–Crippen MR) is 159 cm³/mol. The van der Waals surface area contributed by atoms with Crippen LogP contribution in [0.25, 0.3) is 0 Å². The minimum Gasteiger partial charge on any atom is -0.376 e. The molecule has 3 aromatic rings. The fourth-order valence-electron chi connectivity index (χ4n) is 5.46. The Morgan fingerprint density at radius 1 is 0.927 bits per heavy atom. The molecular formula is C31H35N5O5. The zero-order valence-electron chi connectivity index (χ0n) is 22.9. The molecule has 3 amide bonds. The second-order valence-corrected chi connectivity index (χ2v) is 10.6. The first-order chi connectivity index (χ1) is 19.9. The number of piperidine rings is 1. The van der Waals surface area contributed by atoms with Crippen LogP contribution in [0.2, 0.25) is 0 Å². The lowest BCUT2D eigenvalue weighted by Crippen LogP contribution is -2.37. The molecule has 2 heterocycles. The van der Waals surface area contributed by atoms with Crippen molar-refractivity contribution in [3.05, 3.63) is 94.0 Å². The van der Waals surface area contributed by atoms with Crippen molar-refractivity contribution in [1.82, 2.24) is 5.32 Å². The third-order valence-electron chi connectivity index (χ3n) is 7.67. The largest absolute Gasteiger partial charge is 0.376 e. The Morgan fingerprint density at radius 2 is 1.63 bits per heavy atom. The number of carbonyl (C=O) groups excluding carboxylic acids is 2. The van der Waals surface area contributed by atoms with Gasteiger partial charge < -0.3 is 25.6 Å². The Bertz CT molecular complexity index is 1350. The molecule has 0 radical (unpaired) electrons. The van der Waals surface area contributed by atoms with Gasteiger partial charge in [0.2, 0.25) is 0 Å². The Kier molecular flexibility index (Phi) is 9.10. The monoisotopic (exact) mass is 557 g/mol. The van der Waals surface area contributed by atoms with Gasteiger partial charge in [-0.25, -0.2) is 4.79 Å². The summed E-state index contributed by atoms with van der Waals surface area (Å²) in [5.74, 6) is 0.385. The number of amides is 3. The Morgan fingerprint density at radius 3 is 2.32 bits per heavy atom. The number of nitrogens with one attached hydrogen (secondary N) is 3. The van der Waals surface area contributed by atoms with Crippen molar-refractivity contribution in [3.8, 4) is 0 Å². The molecule has 0 spiro atoms. The number of nitro groups is 1. The van der Waals surface area contributed by atoms with Crippen molar-refractivity contribution in [1.29, 1.82) is 0 Å². The third kappa shape index (κ3) is 7.61. The van der Waals surface area contributed by atoms with Gasteiger partial charge in [-0.3, -0.25) is 14.9 Å². The zero-order valence-corrected chi connectivity index (χ0v) is 22.9. The molecule has 0 saturated carbocycles. The number of nitro benzene ring substituents is 1. The molecular weight excluding hydrogens is 522 g/mol. The highest BCUT2D eigenvalue weighted by Gasteiger charge is 2.25. The molecule has 0 aliphatic carbocycles. The van der Waals surface area contributed by atoms with E-state index in [-0.39, 0.29) is 17.7 Å². The molecule has 0 bridgehead atoms. The van der Waals surface area contributed by atoms with Crippen molar-refractivity contribution in [2.75, 3.05) is 41.8 Å². The van der Waals surface area contributed by atoms with E-state index in [0.717, 1.165) is 50.9 Å². The highest BCUT2D eigenvalue weighted by atomic mass is 16.6. The number of hydrogen-bond donors (Lipinski definition) is 3. The normalized spacial score (nSPS) is 17.2. The van der Waals surface area contributed by atoms with E-state index in [2.05, 4.69) is 45.1 Å². The van der Waals surface area contributed by atoms with Crippen molar-refractivity contribution in [2.45, 2.75) is 38.2 Å². The standard InChI is InChI=1S/C31H35N5O5/c37-30(32-21-27-7-4-18-41-27)28-20-25(34-31(38)33-24-8-11-26(12-9-24)36(39)40)10-13-29(28)35-16-14-23(15-17-35)19-22-5-2-1-3-6-22/h1-3,5-6,8-13,20,23,27H,4,7,14-19,21H2,(H,32,37)(H2,33,34,38)/t27-/m1/s1. The lowest BCUT2D eigenvalue weighted by Gasteiger charge is -2.35. The van der Waals surface area contributed by atoms with Gasteiger partial charge in [-0.1, -0.05) is 30.3 Å². The predicted octanol–water partition coefficient (Wildman–Crippen LogP) is 5.61. The molecule has 2 fully saturated rings. The van der Waals surface area contributed by atoms with Gasteiger partial charge in [-0.05, 0) is 73.9 Å². The summed E-state index contributed by atoms with van der Waals surface area (Å²) in [5.41, 5.74) is 3.51. The van der Waals surface area contributed by atoms with Gasteiger partial charge in [-0.15, -0.1) is 0 Å². The summed E-state index contributed by atoms with van der Waals surface area (Å²) in [5, 5.41) is 19.3. The van der Waals surface area contributed by atoms with Crippen LogP contribution in [-0.4, -0.2) is 49.2 Å². The van der Waals surface area contributed by atoms with Crippen LogP contribution in [0.5, 0.6) is 0 Å². The average molecular weight is 558 g/mol. The summed E-state index contributed by atoms with van der Waals surface area (Å²) in [4.78, 5) is 38.7. The number of ether oxygens (including phenoxy) is 1. The Balaban J connectivity index is 1.27. The SMILES string of the molecule is O=C(Nc1ccc([N+](=O)[O-])cc1)Nc1ccc(N2CCC(Cc3ccccc3)CC2)c(C(=O)NC[C@H]2CCCO2)c1. The molecule has 41 heavy (non-hydrogen) atoms. The third-order valence-corrected chi connectivity index (χ3v) is 7.67. The Labute approximate surface area is 239 Å². The number of anilines is 3. The van der Waals surface area contributed by atoms with Gasteiger partial charge in [0.25, 0.3) is 11.6 Å². The topological polar surface area (TPSA) is 126 Å². The lowest BCUT2D eigenvalue weighted by atomic mass is 9.89. The summed E-state index contributed by atoms with van der Waals surface area (Å²) in [7, 11) is 0. The van der Waals surface area contributed by atoms with Crippen molar-refractivity contribution < 1.29 is 19.2 Å². The molecule has 3 N–H and O–H groups in total. The van der Waals surface area contributed by atoms with Crippen LogP contribution in [0.1, 0.15) is 41.6 Å². The van der Waals surface area contributed by atoms with Crippen molar-refractivity contribution in [3.63, 3.8) is 0 Å². The molecule has 1 atom stereocenters. The number of nitrogens with zero attached hydrogens (tertiary/aromatic N) is 2. The summed E-state index contributed by atoms with van der Waals surface area (Å²) < 4.78 is 5.67. The smallest absolute Gasteiger partial charge is 0.323 e. The number of hydrogen-bond acceptors (Lipinski definition) is 6.